The first-order valence-electron chi connectivity index (χ1n) is 9.95. The minimum Gasteiger partial charge on any atom is -0.294 e. The van der Waals surface area contributed by atoms with Gasteiger partial charge in [-0.1, -0.05) is 106 Å². The zero-order chi connectivity index (χ0) is 18.6. The molecule has 138 valence electrons. The van der Waals surface area contributed by atoms with Crippen LogP contribution in [0.5, 0.6) is 0 Å². The van der Waals surface area contributed by atoms with E-state index in [-0.39, 0.29) is 11.6 Å². The molecule has 0 aliphatic rings. The summed E-state index contributed by atoms with van der Waals surface area (Å²) in [4.78, 5) is 24.7. The van der Waals surface area contributed by atoms with Gasteiger partial charge in [0.25, 0.3) is 0 Å². The summed E-state index contributed by atoms with van der Waals surface area (Å²) in [6, 6.07) is 16.3. The maximum absolute atomic E-state index is 12.4. The van der Waals surface area contributed by atoms with E-state index in [0.717, 1.165) is 12.8 Å². The standard InChI is InChI=1S/C24H30O2/c1-2-3-4-5-6-7-8-12-15-23(25)20-16-18-22(19-17-20)24(26)21-13-10-9-11-14-21/h9-11,13-14,16-19H,2-8,12,15H2,1H3. The number of hydrogen-bond donors (Lipinski definition) is 0. The Morgan fingerprint density at radius 3 is 1.73 bits per heavy atom. The van der Waals surface area contributed by atoms with Crippen LogP contribution in [0.15, 0.2) is 54.6 Å². The number of Topliss-reactive ketones (excluding diaryl/α,β-unsaturated/α-hetero) is 1. The van der Waals surface area contributed by atoms with E-state index in [4.69, 9.17) is 0 Å². The fourth-order valence-corrected chi connectivity index (χ4v) is 3.13. The third-order valence-electron chi connectivity index (χ3n) is 4.76. The molecule has 2 rings (SSSR count). The number of unbranched alkanes of at least 4 members (excludes halogenated alkanes) is 7. The highest BCUT2D eigenvalue weighted by Gasteiger charge is 2.10. The van der Waals surface area contributed by atoms with Gasteiger partial charge >= 0.3 is 0 Å². The molecule has 0 aromatic heterocycles. The van der Waals surface area contributed by atoms with Crippen LogP contribution in [-0.4, -0.2) is 11.6 Å². The number of benzene rings is 2. The Morgan fingerprint density at radius 2 is 1.12 bits per heavy atom. The first-order chi connectivity index (χ1) is 12.7. The molecule has 2 aromatic rings. The molecule has 2 heteroatoms. The van der Waals surface area contributed by atoms with Crippen LogP contribution in [0.3, 0.4) is 0 Å². The molecule has 0 N–H and O–H groups in total. The quantitative estimate of drug-likeness (QED) is 0.318. The molecule has 2 aromatic carbocycles. The van der Waals surface area contributed by atoms with Crippen LogP contribution in [0.1, 0.15) is 91.0 Å². The van der Waals surface area contributed by atoms with Crippen molar-refractivity contribution in [3.63, 3.8) is 0 Å². The monoisotopic (exact) mass is 350 g/mol. The van der Waals surface area contributed by atoms with Gasteiger partial charge in [0.15, 0.2) is 11.6 Å². The van der Waals surface area contributed by atoms with E-state index in [1.54, 1.807) is 24.3 Å². The molecule has 0 aliphatic heterocycles. The number of ketones is 2. The maximum atomic E-state index is 12.4. The number of hydrogen-bond acceptors (Lipinski definition) is 2. The van der Waals surface area contributed by atoms with Gasteiger partial charge in [-0.05, 0) is 6.42 Å². The zero-order valence-electron chi connectivity index (χ0n) is 15.9. The highest BCUT2D eigenvalue weighted by atomic mass is 16.1. The second-order valence-electron chi connectivity index (χ2n) is 6.92. The third kappa shape index (κ3) is 6.59. The van der Waals surface area contributed by atoms with Crippen molar-refractivity contribution in [3.8, 4) is 0 Å². The molecule has 0 fully saturated rings. The SMILES string of the molecule is CCCCCCCCCCC(=O)c1ccc(C(=O)c2ccccc2)cc1. The van der Waals surface area contributed by atoms with E-state index < -0.39 is 0 Å². The lowest BCUT2D eigenvalue weighted by Crippen LogP contribution is -2.03. The summed E-state index contributed by atoms with van der Waals surface area (Å²) in [6.45, 7) is 2.23. The van der Waals surface area contributed by atoms with Gasteiger partial charge in [-0.15, -0.1) is 0 Å². The molecular formula is C24H30O2. The fourth-order valence-electron chi connectivity index (χ4n) is 3.13. The van der Waals surface area contributed by atoms with E-state index in [1.807, 2.05) is 30.3 Å². The highest BCUT2D eigenvalue weighted by molar-refractivity contribution is 6.09. The van der Waals surface area contributed by atoms with Crippen molar-refractivity contribution in [2.24, 2.45) is 0 Å². The predicted molar refractivity (Wildman–Crippen MR) is 108 cm³/mol. The molecule has 26 heavy (non-hydrogen) atoms. The molecule has 0 heterocycles. The minimum atomic E-state index is -0.00679. The van der Waals surface area contributed by atoms with E-state index in [0.29, 0.717) is 23.1 Å². The van der Waals surface area contributed by atoms with Crippen molar-refractivity contribution in [2.75, 3.05) is 0 Å². The molecule has 0 bridgehead atoms. The summed E-state index contributed by atoms with van der Waals surface area (Å²) in [5, 5.41) is 0. The third-order valence-corrected chi connectivity index (χ3v) is 4.76. The molecular weight excluding hydrogens is 320 g/mol. The van der Waals surface area contributed by atoms with E-state index in [1.165, 1.54) is 38.5 Å². The summed E-state index contributed by atoms with van der Waals surface area (Å²) in [7, 11) is 0. The number of carbonyl (C=O) groups excluding carboxylic acids is 2. The van der Waals surface area contributed by atoms with Crippen molar-refractivity contribution < 1.29 is 9.59 Å². The Bertz CT molecular complexity index is 671. The second kappa shape index (κ2) is 11.4. The number of carbonyl (C=O) groups is 2. The van der Waals surface area contributed by atoms with Crippen LogP contribution < -0.4 is 0 Å². The molecule has 0 saturated carbocycles. The first kappa shape index (κ1) is 20.1. The summed E-state index contributed by atoms with van der Waals surface area (Å²) in [5.74, 6) is 0.169. The fraction of sp³-hybridized carbons (Fsp3) is 0.417. The highest BCUT2D eigenvalue weighted by Crippen LogP contribution is 2.15. The Hall–Kier alpha value is -2.22. The predicted octanol–water partition coefficient (Wildman–Crippen LogP) is 6.63. The topological polar surface area (TPSA) is 34.1 Å². The van der Waals surface area contributed by atoms with Gasteiger partial charge in [0.1, 0.15) is 0 Å². The molecule has 0 unspecified atom stereocenters. The van der Waals surface area contributed by atoms with Crippen molar-refractivity contribution in [2.45, 2.75) is 64.7 Å². The smallest absolute Gasteiger partial charge is 0.193 e. The van der Waals surface area contributed by atoms with Crippen LogP contribution in [0.4, 0.5) is 0 Å². The molecule has 0 amide bonds. The Balaban J connectivity index is 1.74. The zero-order valence-corrected chi connectivity index (χ0v) is 15.9. The van der Waals surface area contributed by atoms with Crippen molar-refractivity contribution in [1.82, 2.24) is 0 Å². The first-order valence-corrected chi connectivity index (χ1v) is 9.95. The Labute approximate surface area is 157 Å². The van der Waals surface area contributed by atoms with Crippen molar-refractivity contribution in [3.05, 3.63) is 71.3 Å². The van der Waals surface area contributed by atoms with Crippen LogP contribution >= 0.6 is 0 Å². The Kier molecular flexibility index (Phi) is 8.82. The molecule has 0 atom stereocenters. The normalized spacial score (nSPS) is 10.7. The van der Waals surface area contributed by atoms with Gasteiger partial charge in [-0.2, -0.15) is 0 Å². The summed E-state index contributed by atoms with van der Waals surface area (Å²) in [5.41, 5.74) is 2.00. The lowest BCUT2D eigenvalue weighted by atomic mass is 9.99. The molecule has 0 radical (unpaired) electrons. The lowest BCUT2D eigenvalue weighted by Gasteiger charge is -2.04. The Morgan fingerprint density at radius 1 is 0.615 bits per heavy atom. The summed E-state index contributed by atoms with van der Waals surface area (Å²) < 4.78 is 0. The maximum Gasteiger partial charge on any atom is 0.193 e. The van der Waals surface area contributed by atoms with Crippen LogP contribution in [-0.2, 0) is 0 Å². The van der Waals surface area contributed by atoms with Gasteiger partial charge in [0.2, 0.25) is 0 Å². The van der Waals surface area contributed by atoms with Gasteiger partial charge in [0, 0.05) is 23.1 Å². The number of rotatable bonds is 12. The molecule has 2 nitrogen and oxygen atoms in total. The van der Waals surface area contributed by atoms with Crippen LogP contribution in [0, 0.1) is 0 Å². The largest absolute Gasteiger partial charge is 0.294 e. The minimum absolute atomic E-state index is 0.00679. The average molecular weight is 351 g/mol. The van der Waals surface area contributed by atoms with Crippen LogP contribution in [0.2, 0.25) is 0 Å². The van der Waals surface area contributed by atoms with Crippen molar-refractivity contribution >= 4 is 11.6 Å². The molecule has 0 saturated heterocycles. The van der Waals surface area contributed by atoms with Gasteiger partial charge < -0.3 is 0 Å². The average Bonchev–Trinajstić information content (AvgIpc) is 2.70. The van der Waals surface area contributed by atoms with Gasteiger partial charge in [0.05, 0.1) is 0 Å². The van der Waals surface area contributed by atoms with Gasteiger partial charge in [-0.3, -0.25) is 9.59 Å². The van der Waals surface area contributed by atoms with E-state index in [9.17, 15) is 9.59 Å². The van der Waals surface area contributed by atoms with E-state index in [2.05, 4.69) is 6.92 Å². The molecule has 0 aliphatic carbocycles. The van der Waals surface area contributed by atoms with Crippen LogP contribution in [0.25, 0.3) is 0 Å². The molecule has 0 spiro atoms. The second-order valence-corrected chi connectivity index (χ2v) is 6.92. The van der Waals surface area contributed by atoms with E-state index >= 15 is 0 Å². The van der Waals surface area contributed by atoms with Crippen molar-refractivity contribution in [1.29, 1.82) is 0 Å². The lowest BCUT2D eigenvalue weighted by molar-refractivity contribution is 0.0977. The summed E-state index contributed by atoms with van der Waals surface area (Å²) in [6.07, 6.45) is 10.5. The summed E-state index contributed by atoms with van der Waals surface area (Å²) >= 11 is 0. The van der Waals surface area contributed by atoms with Gasteiger partial charge in [-0.25, -0.2) is 0 Å².